The smallest absolute Gasteiger partial charge is 0.337 e. The zero-order chi connectivity index (χ0) is 14.8. The molecule has 1 aromatic heterocycles. The van der Waals surface area contributed by atoms with E-state index >= 15 is 0 Å². The van der Waals surface area contributed by atoms with E-state index in [2.05, 4.69) is 10.00 Å². The van der Waals surface area contributed by atoms with Crippen LogP contribution in [-0.2, 0) is 11.3 Å². The molecule has 1 fully saturated rings. The van der Waals surface area contributed by atoms with Gasteiger partial charge in [-0.25, -0.2) is 9.48 Å². The van der Waals surface area contributed by atoms with Crippen molar-refractivity contribution in [3.05, 3.63) is 22.6 Å². The van der Waals surface area contributed by atoms with E-state index in [1.165, 1.54) is 12.5 Å². The first-order valence-corrected chi connectivity index (χ1v) is 6.68. The van der Waals surface area contributed by atoms with Gasteiger partial charge in [-0.3, -0.25) is 4.79 Å². The standard InChI is InChI=1S/C13H19N3O4/c1-13(20,12(18)19)9-16-11(17)7-10(8-14-16)15-5-3-2-4-6-15/h7-8,20H,2-6,9H2,1H3,(H,18,19). The number of hydrogen-bond acceptors (Lipinski definition) is 5. The Morgan fingerprint density at radius 3 is 2.60 bits per heavy atom. The summed E-state index contributed by atoms with van der Waals surface area (Å²) in [5, 5.41) is 22.5. The fourth-order valence-electron chi connectivity index (χ4n) is 2.23. The molecule has 2 heterocycles. The van der Waals surface area contributed by atoms with Gasteiger partial charge in [0.1, 0.15) is 0 Å². The summed E-state index contributed by atoms with van der Waals surface area (Å²) in [4.78, 5) is 24.9. The van der Waals surface area contributed by atoms with Crippen molar-refractivity contribution in [2.24, 2.45) is 0 Å². The number of anilines is 1. The van der Waals surface area contributed by atoms with E-state index in [0.717, 1.165) is 43.2 Å². The van der Waals surface area contributed by atoms with E-state index in [1.807, 2.05) is 0 Å². The molecule has 110 valence electrons. The maximum Gasteiger partial charge on any atom is 0.337 e. The normalized spacial score (nSPS) is 18.6. The van der Waals surface area contributed by atoms with E-state index in [9.17, 15) is 14.7 Å². The van der Waals surface area contributed by atoms with Gasteiger partial charge in [0.15, 0.2) is 5.60 Å². The van der Waals surface area contributed by atoms with Crippen LogP contribution in [0.2, 0.25) is 0 Å². The molecular weight excluding hydrogens is 262 g/mol. The molecule has 2 rings (SSSR count). The van der Waals surface area contributed by atoms with Gasteiger partial charge in [-0.2, -0.15) is 5.10 Å². The first kappa shape index (κ1) is 14.5. The predicted octanol–water partition coefficient (Wildman–Crippen LogP) is 0.0692. The second-order valence-electron chi connectivity index (χ2n) is 5.34. The Morgan fingerprint density at radius 1 is 1.40 bits per heavy atom. The highest BCUT2D eigenvalue weighted by Gasteiger charge is 2.31. The van der Waals surface area contributed by atoms with Gasteiger partial charge in [-0.05, 0) is 26.2 Å². The van der Waals surface area contributed by atoms with Crippen molar-refractivity contribution in [1.29, 1.82) is 0 Å². The molecule has 1 unspecified atom stereocenters. The van der Waals surface area contributed by atoms with Crippen molar-refractivity contribution in [1.82, 2.24) is 9.78 Å². The Hall–Kier alpha value is -1.89. The predicted molar refractivity (Wildman–Crippen MR) is 72.8 cm³/mol. The quantitative estimate of drug-likeness (QED) is 0.811. The van der Waals surface area contributed by atoms with E-state index in [4.69, 9.17) is 5.11 Å². The van der Waals surface area contributed by atoms with Crippen LogP contribution in [0.1, 0.15) is 26.2 Å². The van der Waals surface area contributed by atoms with E-state index < -0.39 is 17.1 Å². The minimum Gasteiger partial charge on any atom is -0.479 e. The molecule has 0 aliphatic carbocycles. The third-order valence-corrected chi connectivity index (χ3v) is 3.49. The van der Waals surface area contributed by atoms with Crippen LogP contribution in [-0.4, -0.2) is 44.7 Å². The molecule has 0 radical (unpaired) electrons. The Balaban J connectivity index is 2.17. The summed E-state index contributed by atoms with van der Waals surface area (Å²) in [7, 11) is 0. The number of carboxylic acid groups (broad SMARTS) is 1. The number of nitrogens with zero attached hydrogens (tertiary/aromatic N) is 3. The summed E-state index contributed by atoms with van der Waals surface area (Å²) in [5.74, 6) is -1.38. The maximum absolute atomic E-state index is 12.0. The number of aliphatic carboxylic acids is 1. The molecule has 2 N–H and O–H groups in total. The topological polar surface area (TPSA) is 95.7 Å². The second-order valence-corrected chi connectivity index (χ2v) is 5.34. The monoisotopic (exact) mass is 281 g/mol. The third kappa shape index (κ3) is 3.16. The highest BCUT2D eigenvalue weighted by Crippen LogP contribution is 2.17. The largest absolute Gasteiger partial charge is 0.479 e. The summed E-state index contributed by atoms with van der Waals surface area (Å²) in [6.07, 6.45) is 4.93. The molecule has 0 aromatic carbocycles. The van der Waals surface area contributed by atoms with Gasteiger partial charge >= 0.3 is 5.97 Å². The van der Waals surface area contributed by atoms with Crippen LogP contribution in [0.3, 0.4) is 0 Å². The zero-order valence-electron chi connectivity index (χ0n) is 11.4. The lowest BCUT2D eigenvalue weighted by atomic mass is 10.1. The Labute approximate surface area is 116 Å². The van der Waals surface area contributed by atoms with Crippen LogP contribution in [0.4, 0.5) is 5.69 Å². The first-order valence-electron chi connectivity index (χ1n) is 6.68. The molecule has 0 amide bonds. The van der Waals surface area contributed by atoms with Crippen LogP contribution >= 0.6 is 0 Å². The lowest BCUT2D eigenvalue weighted by Crippen LogP contribution is -2.43. The summed E-state index contributed by atoms with van der Waals surface area (Å²) in [6, 6.07) is 1.44. The van der Waals surface area contributed by atoms with Gasteiger partial charge in [0.25, 0.3) is 5.56 Å². The lowest BCUT2D eigenvalue weighted by molar-refractivity contribution is -0.158. The molecule has 0 bridgehead atoms. The third-order valence-electron chi connectivity index (χ3n) is 3.49. The van der Waals surface area contributed by atoms with Gasteiger partial charge < -0.3 is 15.1 Å². The summed E-state index contributed by atoms with van der Waals surface area (Å²) >= 11 is 0. The van der Waals surface area contributed by atoms with Gasteiger partial charge in [0, 0.05) is 19.2 Å². The first-order chi connectivity index (χ1) is 9.40. The fraction of sp³-hybridized carbons (Fsp3) is 0.615. The molecular formula is C13H19N3O4. The van der Waals surface area contributed by atoms with Crippen molar-refractivity contribution < 1.29 is 15.0 Å². The Morgan fingerprint density at radius 2 is 2.05 bits per heavy atom. The summed E-state index contributed by atoms with van der Waals surface area (Å²) in [5.41, 5.74) is -1.67. The number of rotatable bonds is 4. The molecule has 1 saturated heterocycles. The molecule has 0 saturated carbocycles. The molecule has 1 atom stereocenters. The zero-order valence-corrected chi connectivity index (χ0v) is 11.4. The van der Waals surface area contributed by atoms with E-state index in [-0.39, 0.29) is 6.54 Å². The SMILES string of the molecule is CC(O)(Cn1ncc(N2CCCCC2)cc1=O)C(=O)O. The van der Waals surface area contributed by atoms with Crippen molar-refractivity contribution in [3.63, 3.8) is 0 Å². The molecule has 7 heteroatoms. The molecule has 1 aromatic rings. The highest BCUT2D eigenvalue weighted by atomic mass is 16.4. The number of piperidine rings is 1. The minimum atomic E-state index is -2.01. The number of aromatic nitrogens is 2. The minimum absolute atomic E-state index is 0.374. The van der Waals surface area contributed by atoms with Crippen LogP contribution in [0.15, 0.2) is 17.1 Å². The lowest BCUT2D eigenvalue weighted by Gasteiger charge is -2.28. The number of carboxylic acids is 1. The maximum atomic E-state index is 12.0. The van der Waals surface area contributed by atoms with Gasteiger partial charge in [0.05, 0.1) is 18.4 Å². The van der Waals surface area contributed by atoms with Gasteiger partial charge in [-0.15, -0.1) is 0 Å². The molecule has 0 spiro atoms. The number of carbonyl (C=O) groups is 1. The van der Waals surface area contributed by atoms with E-state index in [1.54, 1.807) is 6.20 Å². The van der Waals surface area contributed by atoms with Crippen molar-refractivity contribution >= 4 is 11.7 Å². The second kappa shape index (κ2) is 5.62. The fourth-order valence-corrected chi connectivity index (χ4v) is 2.23. The van der Waals surface area contributed by atoms with Crippen LogP contribution in [0.5, 0.6) is 0 Å². The van der Waals surface area contributed by atoms with Crippen molar-refractivity contribution in [2.75, 3.05) is 18.0 Å². The van der Waals surface area contributed by atoms with E-state index in [0.29, 0.717) is 0 Å². The average molecular weight is 281 g/mol. The van der Waals surface area contributed by atoms with Crippen LogP contribution < -0.4 is 10.5 Å². The molecule has 1 aliphatic heterocycles. The highest BCUT2D eigenvalue weighted by molar-refractivity contribution is 5.76. The summed E-state index contributed by atoms with van der Waals surface area (Å²) in [6.45, 7) is 2.57. The molecule has 1 aliphatic rings. The summed E-state index contributed by atoms with van der Waals surface area (Å²) < 4.78 is 0.974. The number of aliphatic hydroxyl groups is 1. The van der Waals surface area contributed by atoms with Crippen molar-refractivity contribution in [2.45, 2.75) is 38.3 Å². The van der Waals surface area contributed by atoms with Gasteiger partial charge in [-0.1, -0.05) is 0 Å². The molecule has 20 heavy (non-hydrogen) atoms. The van der Waals surface area contributed by atoms with Crippen molar-refractivity contribution in [3.8, 4) is 0 Å². The Bertz CT molecular complexity index is 547. The Kier molecular flexibility index (Phi) is 4.08. The molecule has 7 nitrogen and oxygen atoms in total. The van der Waals surface area contributed by atoms with Gasteiger partial charge in [0.2, 0.25) is 0 Å². The number of hydrogen-bond donors (Lipinski definition) is 2. The average Bonchev–Trinajstić information content (AvgIpc) is 2.41. The van der Waals surface area contributed by atoms with Crippen LogP contribution in [0.25, 0.3) is 0 Å². The van der Waals surface area contributed by atoms with Crippen LogP contribution in [0, 0.1) is 0 Å².